The summed E-state index contributed by atoms with van der Waals surface area (Å²) in [5.74, 6) is 1.10. The Kier molecular flexibility index (Phi) is 7.93. The molecule has 2 fully saturated rings. The van der Waals surface area contributed by atoms with Crippen molar-refractivity contribution >= 4 is 17.7 Å². The summed E-state index contributed by atoms with van der Waals surface area (Å²) < 4.78 is 2.00. The molecule has 3 rings (SSSR count). The molecule has 0 radical (unpaired) electrons. The quantitative estimate of drug-likeness (QED) is 0.537. The van der Waals surface area contributed by atoms with Gasteiger partial charge in [-0.3, -0.25) is 4.79 Å². The lowest BCUT2D eigenvalue weighted by atomic mass is 9.92. The maximum Gasteiger partial charge on any atom is 0.222 e. The molecule has 0 unspecified atom stereocenters. The molecule has 8 heteroatoms. The lowest BCUT2D eigenvalue weighted by molar-refractivity contribution is -0.134. The lowest BCUT2D eigenvalue weighted by Crippen LogP contribution is -2.42. The fraction of sp³-hybridized carbons (Fsp3) is 0.895. The van der Waals surface area contributed by atoms with Gasteiger partial charge in [-0.05, 0) is 62.3 Å². The van der Waals surface area contributed by atoms with E-state index in [1.165, 1.54) is 32.1 Å². The van der Waals surface area contributed by atoms with Crippen LogP contribution in [0.2, 0.25) is 0 Å². The number of nitrogens with zero attached hydrogens (tertiary/aromatic N) is 5. The van der Waals surface area contributed by atoms with Gasteiger partial charge in [0.2, 0.25) is 11.1 Å². The van der Waals surface area contributed by atoms with Crippen LogP contribution in [0.4, 0.5) is 0 Å². The highest BCUT2D eigenvalue weighted by atomic mass is 32.2. The number of thioether (sulfide) groups is 1. The molecule has 1 aromatic heterocycles. The van der Waals surface area contributed by atoms with Gasteiger partial charge in [-0.1, -0.05) is 31.0 Å². The van der Waals surface area contributed by atoms with Gasteiger partial charge < -0.3 is 10.0 Å². The van der Waals surface area contributed by atoms with Gasteiger partial charge in [0, 0.05) is 24.8 Å². The Morgan fingerprint density at radius 1 is 1.19 bits per heavy atom. The molecule has 0 aliphatic heterocycles. The molecule has 7 nitrogen and oxygen atoms in total. The van der Waals surface area contributed by atoms with Crippen molar-refractivity contribution in [2.45, 2.75) is 101 Å². The van der Waals surface area contributed by atoms with Crippen LogP contribution in [0.5, 0.6) is 0 Å². The van der Waals surface area contributed by atoms with Gasteiger partial charge in [-0.2, -0.15) is 0 Å². The molecular weight excluding hydrogens is 362 g/mol. The summed E-state index contributed by atoms with van der Waals surface area (Å²) in [7, 11) is 0. The first-order valence-corrected chi connectivity index (χ1v) is 11.6. The number of rotatable bonds is 8. The van der Waals surface area contributed by atoms with Gasteiger partial charge in [0.05, 0.1) is 12.1 Å². The van der Waals surface area contributed by atoms with Gasteiger partial charge >= 0.3 is 0 Å². The molecule has 1 N–H and O–H groups in total. The lowest BCUT2D eigenvalue weighted by Gasteiger charge is -2.35. The summed E-state index contributed by atoms with van der Waals surface area (Å²) in [4.78, 5) is 14.7. The molecular formula is C19H33N5O2S. The SMILES string of the molecule is CCN(C(=O)CCCSc1nnnn1C1CCCCC1)C1CCC(O)CC1. The molecule has 27 heavy (non-hydrogen) atoms. The minimum absolute atomic E-state index is 0.179. The van der Waals surface area contributed by atoms with Crippen LogP contribution < -0.4 is 0 Å². The van der Waals surface area contributed by atoms with Crippen molar-refractivity contribution in [3.63, 3.8) is 0 Å². The largest absolute Gasteiger partial charge is 0.393 e. The van der Waals surface area contributed by atoms with Crippen molar-refractivity contribution < 1.29 is 9.90 Å². The van der Waals surface area contributed by atoms with Crippen molar-refractivity contribution in [2.75, 3.05) is 12.3 Å². The minimum atomic E-state index is -0.179. The maximum atomic E-state index is 12.6. The Balaban J connectivity index is 1.42. The highest BCUT2D eigenvalue weighted by Crippen LogP contribution is 2.30. The number of hydrogen-bond donors (Lipinski definition) is 1. The first-order valence-electron chi connectivity index (χ1n) is 10.6. The van der Waals surface area contributed by atoms with Crippen LogP contribution in [-0.2, 0) is 4.79 Å². The van der Waals surface area contributed by atoms with E-state index in [1.54, 1.807) is 11.8 Å². The van der Waals surface area contributed by atoms with Crippen LogP contribution in [0.3, 0.4) is 0 Å². The molecule has 0 bridgehead atoms. The van der Waals surface area contributed by atoms with E-state index < -0.39 is 0 Å². The number of carbonyl (C=O) groups is 1. The second kappa shape index (κ2) is 10.4. The second-order valence-corrected chi connectivity index (χ2v) is 8.85. The van der Waals surface area contributed by atoms with E-state index in [4.69, 9.17) is 0 Å². The predicted molar refractivity (Wildman–Crippen MR) is 106 cm³/mol. The van der Waals surface area contributed by atoms with Crippen molar-refractivity contribution in [2.24, 2.45) is 0 Å². The average molecular weight is 396 g/mol. The Morgan fingerprint density at radius 3 is 2.63 bits per heavy atom. The van der Waals surface area contributed by atoms with Crippen LogP contribution in [0, 0.1) is 0 Å². The second-order valence-electron chi connectivity index (χ2n) is 7.79. The molecule has 2 saturated carbocycles. The van der Waals surface area contributed by atoms with Gasteiger partial charge in [0.15, 0.2) is 0 Å². The van der Waals surface area contributed by atoms with E-state index in [0.29, 0.717) is 18.5 Å². The van der Waals surface area contributed by atoms with Crippen molar-refractivity contribution in [1.29, 1.82) is 0 Å². The van der Waals surface area contributed by atoms with Crippen LogP contribution >= 0.6 is 11.8 Å². The van der Waals surface area contributed by atoms with Gasteiger partial charge in [-0.25, -0.2) is 4.68 Å². The molecule has 152 valence electrons. The number of aromatic nitrogens is 4. The molecule has 2 aliphatic rings. The number of aliphatic hydroxyl groups excluding tert-OH is 1. The predicted octanol–water partition coefficient (Wildman–Crippen LogP) is 3.20. The van der Waals surface area contributed by atoms with Gasteiger partial charge in [0.1, 0.15) is 0 Å². The first-order chi connectivity index (χ1) is 13.2. The maximum absolute atomic E-state index is 12.6. The third-order valence-corrected chi connectivity index (χ3v) is 6.94. The molecule has 0 atom stereocenters. The molecule has 1 aromatic rings. The van der Waals surface area contributed by atoms with Crippen LogP contribution in [-0.4, -0.2) is 60.6 Å². The molecule has 1 heterocycles. The Morgan fingerprint density at radius 2 is 1.93 bits per heavy atom. The smallest absolute Gasteiger partial charge is 0.222 e. The highest BCUT2D eigenvalue weighted by molar-refractivity contribution is 7.99. The van der Waals surface area contributed by atoms with Crippen LogP contribution in [0.15, 0.2) is 5.16 Å². The number of carbonyl (C=O) groups excluding carboxylic acids is 1. The van der Waals surface area contributed by atoms with Crippen LogP contribution in [0.25, 0.3) is 0 Å². The number of hydrogen-bond acceptors (Lipinski definition) is 6. The highest BCUT2D eigenvalue weighted by Gasteiger charge is 2.27. The molecule has 0 spiro atoms. The number of tetrazole rings is 1. The summed E-state index contributed by atoms with van der Waals surface area (Å²) in [6.45, 7) is 2.81. The van der Waals surface area contributed by atoms with Crippen molar-refractivity contribution in [3.8, 4) is 0 Å². The molecule has 0 saturated heterocycles. The van der Waals surface area contributed by atoms with Crippen molar-refractivity contribution in [3.05, 3.63) is 0 Å². The molecule has 0 aromatic carbocycles. The van der Waals surface area contributed by atoms with E-state index in [9.17, 15) is 9.90 Å². The monoisotopic (exact) mass is 395 g/mol. The Hall–Kier alpha value is -1.15. The Bertz CT molecular complexity index is 582. The molecule has 2 aliphatic carbocycles. The minimum Gasteiger partial charge on any atom is -0.393 e. The van der Waals surface area contributed by atoms with E-state index in [-0.39, 0.29) is 12.0 Å². The normalized spacial score (nSPS) is 24.1. The van der Waals surface area contributed by atoms with E-state index in [0.717, 1.165) is 49.6 Å². The van der Waals surface area contributed by atoms with E-state index in [1.807, 2.05) is 9.58 Å². The summed E-state index contributed by atoms with van der Waals surface area (Å²) in [6, 6.07) is 0.743. The average Bonchev–Trinajstić information content (AvgIpc) is 3.16. The first kappa shape index (κ1) is 20.6. The van der Waals surface area contributed by atoms with Gasteiger partial charge in [0.25, 0.3) is 0 Å². The van der Waals surface area contributed by atoms with E-state index >= 15 is 0 Å². The molecule has 1 amide bonds. The zero-order valence-corrected chi connectivity index (χ0v) is 17.2. The van der Waals surface area contributed by atoms with Gasteiger partial charge in [-0.15, -0.1) is 5.10 Å². The third-order valence-electron chi connectivity index (χ3n) is 5.92. The van der Waals surface area contributed by atoms with Crippen LogP contribution in [0.1, 0.15) is 83.6 Å². The standard InChI is InChI=1S/C19H33N5O2S/c1-2-23(15-10-12-17(25)13-11-15)18(26)9-6-14-27-19-20-21-22-24(19)16-7-4-3-5-8-16/h15-17,25H,2-14H2,1H3. The summed E-state index contributed by atoms with van der Waals surface area (Å²) >= 11 is 1.67. The third kappa shape index (κ3) is 5.67. The number of aliphatic hydroxyl groups is 1. The summed E-state index contributed by atoms with van der Waals surface area (Å²) in [5.41, 5.74) is 0. The fourth-order valence-corrected chi connectivity index (χ4v) is 5.26. The number of amides is 1. The fourth-order valence-electron chi connectivity index (χ4n) is 4.37. The Labute approximate surface area is 166 Å². The van der Waals surface area contributed by atoms with E-state index in [2.05, 4.69) is 22.4 Å². The summed E-state index contributed by atoms with van der Waals surface area (Å²) in [6.07, 6.45) is 10.9. The zero-order chi connectivity index (χ0) is 19.1. The zero-order valence-electron chi connectivity index (χ0n) is 16.4. The topological polar surface area (TPSA) is 84.1 Å². The van der Waals surface area contributed by atoms with Crippen molar-refractivity contribution in [1.82, 2.24) is 25.1 Å². The summed E-state index contributed by atoms with van der Waals surface area (Å²) in [5, 5.41) is 22.8.